The molecule has 0 aliphatic carbocycles. The van der Waals surface area contributed by atoms with Gasteiger partial charge >= 0.3 is 6.18 Å². The molecule has 0 spiro atoms. The van der Waals surface area contributed by atoms with Crippen LogP contribution >= 0.6 is 27.5 Å². The Bertz CT molecular complexity index is 551. The molecule has 17 heavy (non-hydrogen) atoms. The van der Waals surface area contributed by atoms with Crippen LogP contribution in [0.25, 0.3) is 11.4 Å². The van der Waals surface area contributed by atoms with Crippen molar-refractivity contribution in [1.29, 1.82) is 0 Å². The highest BCUT2D eigenvalue weighted by Gasteiger charge is 2.33. The molecule has 0 bridgehead atoms. The first-order valence-corrected chi connectivity index (χ1v) is 5.62. The van der Waals surface area contributed by atoms with E-state index in [2.05, 4.69) is 25.9 Å². The Labute approximate surface area is 108 Å². The van der Waals surface area contributed by atoms with Crippen LogP contribution in [0.3, 0.4) is 0 Å². The number of benzene rings is 1. The van der Waals surface area contributed by atoms with E-state index in [1.165, 1.54) is 0 Å². The van der Waals surface area contributed by atoms with Gasteiger partial charge < -0.3 is 4.98 Å². The summed E-state index contributed by atoms with van der Waals surface area (Å²) >= 11 is 9.13. The van der Waals surface area contributed by atoms with Crippen LogP contribution in [0.5, 0.6) is 0 Å². The number of aromatic amines is 1. The van der Waals surface area contributed by atoms with Gasteiger partial charge in [-0.3, -0.25) is 0 Å². The zero-order chi connectivity index (χ0) is 12.6. The fraction of sp³-hybridized carbons (Fsp3) is 0.100. The molecule has 0 amide bonds. The lowest BCUT2D eigenvalue weighted by Gasteiger charge is -2.03. The number of halogens is 5. The highest BCUT2D eigenvalue weighted by Crippen LogP contribution is 2.32. The SMILES string of the molecule is FC(F)(F)c1cnc(-c2ccc(Br)cc2Cl)[nH]1. The molecule has 1 aromatic carbocycles. The second-order valence-electron chi connectivity index (χ2n) is 3.27. The number of rotatable bonds is 1. The molecular formula is C10H5BrClF3N2. The molecule has 0 aliphatic rings. The van der Waals surface area contributed by atoms with Gasteiger partial charge in [-0.05, 0) is 18.2 Å². The summed E-state index contributed by atoms with van der Waals surface area (Å²) in [6, 6.07) is 4.86. The third-order valence-corrected chi connectivity index (χ3v) is 2.87. The zero-order valence-corrected chi connectivity index (χ0v) is 10.5. The Hall–Kier alpha value is -1.01. The average Bonchev–Trinajstić information content (AvgIpc) is 2.65. The van der Waals surface area contributed by atoms with Gasteiger partial charge in [-0.1, -0.05) is 27.5 Å². The summed E-state index contributed by atoms with van der Waals surface area (Å²) in [6.07, 6.45) is -3.69. The second-order valence-corrected chi connectivity index (χ2v) is 4.59. The number of nitrogens with one attached hydrogen (secondary N) is 1. The first kappa shape index (κ1) is 12.4. The molecule has 1 aromatic heterocycles. The van der Waals surface area contributed by atoms with Gasteiger partial charge in [0.05, 0.1) is 11.2 Å². The standard InChI is InChI=1S/C10H5BrClF3N2/c11-5-1-2-6(7(12)3-5)9-16-4-8(17-9)10(13,14)15/h1-4H,(H,16,17). The summed E-state index contributed by atoms with van der Waals surface area (Å²) in [5.74, 6) is 0.0924. The number of hydrogen-bond donors (Lipinski definition) is 1. The molecule has 0 fully saturated rings. The smallest absolute Gasteiger partial charge is 0.334 e. The molecule has 2 aromatic rings. The fourth-order valence-corrected chi connectivity index (χ4v) is 2.05. The van der Waals surface area contributed by atoms with Crippen LogP contribution in [0, 0.1) is 0 Å². The van der Waals surface area contributed by atoms with Crippen molar-refractivity contribution in [1.82, 2.24) is 9.97 Å². The monoisotopic (exact) mass is 324 g/mol. The summed E-state index contributed by atoms with van der Waals surface area (Å²) in [5.41, 5.74) is -0.475. The van der Waals surface area contributed by atoms with Crippen molar-refractivity contribution < 1.29 is 13.2 Å². The van der Waals surface area contributed by atoms with Crippen molar-refractivity contribution in [3.05, 3.63) is 39.6 Å². The van der Waals surface area contributed by atoms with Crippen molar-refractivity contribution in [3.8, 4) is 11.4 Å². The van der Waals surface area contributed by atoms with E-state index in [0.29, 0.717) is 10.6 Å². The highest BCUT2D eigenvalue weighted by atomic mass is 79.9. The molecule has 0 radical (unpaired) electrons. The Kier molecular flexibility index (Phi) is 3.18. The molecule has 2 nitrogen and oxygen atoms in total. The molecule has 1 heterocycles. The summed E-state index contributed by atoms with van der Waals surface area (Å²) in [7, 11) is 0. The van der Waals surface area contributed by atoms with Crippen LogP contribution in [0.15, 0.2) is 28.9 Å². The molecular weight excluding hydrogens is 320 g/mol. The van der Waals surface area contributed by atoms with E-state index in [1.54, 1.807) is 18.2 Å². The minimum atomic E-state index is -4.44. The number of H-pyrrole nitrogens is 1. The van der Waals surface area contributed by atoms with Crippen molar-refractivity contribution in [3.63, 3.8) is 0 Å². The van der Waals surface area contributed by atoms with Gasteiger partial charge in [-0.25, -0.2) is 4.98 Å². The van der Waals surface area contributed by atoms with E-state index in [0.717, 1.165) is 10.7 Å². The summed E-state index contributed by atoms with van der Waals surface area (Å²) in [6.45, 7) is 0. The lowest BCUT2D eigenvalue weighted by molar-refractivity contribution is -0.140. The predicted octanol–water partition coefficient (Wildman–Crippen LogP) is 4.51. The van der Waals surface area contributed by atoms with Gasteiger partial charge in [0, 0.05) is 10.0 Å². The number of alkyl halides is 3. The Balaban J connectivity index is 2.44. The van der Waals surface area contributed by atoms with Crippen LogP contribution in [0.2, 0.25) is 5.02 Å². The van der Waals surface area contributed by atoms with Crippen LogP contribution in [-0.4, -0.2) is 9.97 Å². The largest absolute Gasteiger partial charge is 0.432 e. The molecule has 1 N–H and O–H groups in total. The van der Waals surface area contributed by atoms with E-state index < -0.39 is 11.9 Å². The summed E-state index contributed by atoms with van der Waals surface area (Å²) < 4.78 is 37.9. The van der Waals surface area contributed by atoms with E-state index in [9.17, 15) is 13.2 Å². The topological polar surface area (TPSA) is 28.7 Å². The summed E-state index contributed by atoms with van der Waals surface area (Å²) in [4.78, 5) is 5.86. The van der Waals surface area contributed by atoms with Crippen LogP contribution in [-0.2, 0) is 6.18 Å². The number of imidazole rings is 1. The van der Waals surface area contributed by atoms with Crippen molar-refractivity contribution in [2.45, 2.75) is 6.18 Å². The van der Waals surface area contributed by atoms with Crippen molar-refractivity contribution in [2.75, 3.05) is 0 Å². The Morgan fingerprint density at radius 2 is 2.00 bits per heavy atom. The maximum absolute atomic E-state index is 12.4. The molecule has 0 saturated heterocycles. The van der Waals surface area contributed by atoms with Gasteiger partial charge in [0.2, 0.25) is 0 Å². The van der Waals surface area contributed by atoms with Gasteiger partial charge in [-0.15, -0.1) is 0 Å². The first-order chi connectivity index (χ1) is 7.88. The lowest BCUT2D eigenvalue weighted by atomic mass is 10.2. The van der Waals surface area contributed by atoms with Gasteiger partial charge in [-0.2, -0.15) is 13.2 Å². The van der Waals surface area contributed by atoms with Crippen LogP contribution in [0.4, 0.5) is 13.2 Å². The van der Waals surface area contributed by atoms with Crippen LogP contribution in [0.1, 0.15) is 5.69 Å². The fourth-order valence-electron chi connectivity index (χ4n) is 1.28. The average molecular weight is 326 g/mol. The first-order valence-electron chi connectivity index (χ1n) is 4.45. The molecule has 0 saturated carbocycles. The Morgan fingerprint density at radius 3 is 2.53 bits per heavy atom. The summed E-state index contributed by atoms with van der Waals surface area (Å²) in [5, 5.41) is 0.322. The Morgan fingerprint density at radius 1 is 1.29 bits per heavy atom. The maximum atomic E-state index is 12.4. The maximum Gasteiger partial charge on any atom is 0.432 e. The zero-order valence-electron chi connectivity index (χ0n) is 8.15. The normalized spacial score (nSPS) is 11.8. The minimum Gasteiger partial charge on any atom is -0.334 e. The van der Waals surface area contributed by atoms with E-state index >= 15 is 0 Å². The molecule has 2 rings (SSSR count). The minimum absolute atomic E-state index is 0.0924. The van der Waals surface area contributed by atoms with Gasteiger partial charge in [0.1, 0.15) is 11.5 Å². The molecule has 0 aliphatic heterocycles. The number of hydrogen-bond acceptors (Lipinski definition) is 1. The van der Waals surface area contributed by atoms with E-state index in [4.69, 9.17) is 11.6 Å². The van der Waals surface area contributed by atoms with Crippen molar-refractivity contribution in [2.24, 2.45) is 0 Å². The lowest BCUT2D eigenvalue weighted by Crippen LogP contribution is -2.04. The second kappa shape index (κ2) is 4.34. The highest BCUT2D eigenvalue weighted by molar-refractivity contribution is 9.10. The quantitative estimate of drug-likeness (QED) is 0.821. The predicted molar refractivity (Wildman–Crippen MR) is 61.7 cm³/mol. The van der Waals surface area contributed by atoms with Crippen molar-refractivity contribution >= 4 is 27.5 Å². The van der Waals surface area contributed by atoms with Crippen LogP contribution < -0.4 is 0 Å². The van der Waals surface area contributed by atoms with E-state index in [1.807, 2.05) is 0 Å². The third kappa shape index (κ3) is 2.63. The number of nitrogens with zero attached hydrogens (tertiary/aromatic N) is 1. The third-order valence-electron chi connectivity index (χ3n) is 2.07. The van der Waals surface area contributed by atoms with Gasteiger partial charge in [0.15, 0.2) is 0 Å². The molecule has 7 heteroatoms. The molecule has 90 valence electrons. The van der Waals surface area contributed by atoms with Gasteiger partial charge in [0.25, 0.3) is 0 Å². The number of aromatic nitrogens is 2. The van der Waals surface area contributed by atoms with E-state index in [-0.39, 0.29) is 5.82 Å². The molecule has 0 unspecified atom stereocenters. The molecule has 0 atom stereocenters.